The molecule has 0 rings (SSSR count). The molecule has 0 bridgehead atoms. The van der Waals surface area contributed by atoms with E-state index in [2.05, 4.69) is 21.3 Å². The molecular formula is C25H46N6O8S. The van der Waals surface area contributed by atoms with Crippen molar-refractivity contribution in [3.05, 3.63) is 0 Å². The van der Waals surface area contributed by atoms with Gasteiger partial charge in [-0.15, -0.1) is 0 Å². The number of aliphatic hydroxyl groups excluding tert-OH is 1. The summed E-state index contributed by atoms with van der Waals surface area (Å²) in [5.41, 5.74) is 11.1. The fourth-order valence-corrected chi connectivity index (χ4v) is 4.11. The van der Waals surface area contributed by atoms with Crippen LogP contribution >= 0.6 is 11.8 Å². The molecule has 10 N–H and O–H groups in total. The molecule has 0 aromatic rings. The molecule has 0 aromatic heterocycles. The van der Waals surface area contributed by atoms with Crippen LogP contribution in [0, 0.1) is 11.8 Å². The summed E-state index contributed by atoms with van der Waals surface area (Å²) in [5.74, 6) is -5.34. The van der Waals surface area contributed by atoms with E-state index in [1.54, 1.807) is 27.7 Å². The average molecular weight is 591 g/mol. The van der Waals surface area contributed by atoms with Crippen LogP contribution in [-0.2, 0) is 28.8 Å². The summed E-state index contributed by atoms with van der Waals surface area (Å²) in [4.78, 5) is 74.8. The van der Waals surface area contributed by atoms with E-state index >= 15 is 0 Å². The number of hydrogen-bond acceptors (Lipinski definition) is 9. The number of thioether (sulfide) groups is 1. The maximum absolute atomic E-state index is 13.2. The number of hydrogen-bond donors (Lipinski definition) is 8. The molecule has 0 spiro atoms. The highest BCUT2D eigenvalue weighted by atomic mass is 32.2. The van der Waals surface area contributed by atoms with Gasteiger partial charge >= 0.3 is 5.97 Å². The van der Waals surface area contributed by atoms with Gasteiger partial charge in [0.05, 0.1) is 18.6 Å². The molecular weight excluding hydrogens is 544 g/mol. The second kappa shape index (κ2) is 18.4. The standard InChI is InChI=1S/C25H46N6O8S/c1-7-13(4)19(23(36)29-17(25(38)39)10-12(2)3)30-24(37)20(14(5)32)31-22(35)16(11-18(27)33)28-21(34)15(26)8-9-40-6/h12-17,19-20,32H,7-11,26H2,1-6H3,(H2,27,33)(H,28,34)(H,29,36)(H,30,37)(H,31,35)(H,38,39)/t13-,14+,15-,16-,17-,19-,20-/m0/s1. The molecule has 0 radical (unpaired) electrons. The number of nitrogens with two attached hydrogens (primary N) is 2. The van der Waals surface area contributed by atoms with Gasteiger partial charge in [-0.2, -0.15) is 11.8 Å². The fraction of sp³-hybridized carbons (Fsp3) is 0.760. The van der Waals surface area contributed by atoms with E-state index < -0.39 is 84.2 Å². The van der Waals surface area contributed by atoms with E-state index in [9.17, 15) is 39.0 Å². The van der Waals surface area contributed by atoms with Crippen LogP contribution in [0.2, 0.25) is 0 Å². The molecule has 5 amide bonds. The zero-order valence-corrected chi connectivity index (χ0v) is 24.9. The van der Waals surface area contributed by atoms with E-state index in [1.165, 1.54) is 18.7 Å². The van der Waals surface area contributed by atoms with Gasteiger partial charge in [0.2, 0.25) is 29.5 Å². The zero-order valence-electron chi connectivity index (χ0n) is 24.1. The molecule has 230 valence electrons. The molecule has 40 heavy (non-hydrogen) atoms. The van der Waals surface area contributed by atoms with Crippen LogP contribution in [0.5, 0.6) is 0 Å². The molecule has 0 fully saturated rings. The molecule has 14 nitrogen and oxygen atoms in total. The summed E-state index contributed by atoms with van der Waals surface area (Å²) < 4.78 is 0. The number of rotatable bonds is 19. The van der Waals surface area contributed by atoms with Gasteiger partial charge in [0.1, 0.15) is 24.2 Å². The van der Waals surface area contributed by atoms with Gasteiger partial charge in [0.25, 0.3) is 0 Å². The number of aliphatic hydroxyl groups is 1. The predicted molar refractivity (Wildman–Crippen MR) is 151 cm³/mol. The van der Waals surface area contributed by atoms with E-state index in [0.29, 0.717) is 18.6 Å². The SMILES string of the molecule is CC[C@H](C)[C@H](NC(=O)[C@@H](NC(=O)[C@H](CC(N)=O)NC(=O)[C@@H](N)CCSC)[C@@H](C)O)C(=O)N[C@@H](CC(C)C)C(=O)O. The molecule has 0 aliphatic heterocycles. The van der Waals surface area contributed by atoms with Crippen LogP contribution in [0.3, 0.4) is 0 Å². The van der Waals surface area contributed by atoms with Crippen LogP contribution in [0.15, 0.2) is 0 Å². The Morgan fingerprint density at radius 2 is 1.35 bits per heavy atom. The van der Waals surface area contributed by atoms with Gasteiger partial charge in [-0.3, -0.25) is 24.0 Å². The van der Waals surface area contributed by atoms with Crippen LogP contribution in [0.4, 0.5) is 0 Å². The number of carboxylic acid groups (broad SMARTS) is 1. The lowest BCUT2D eigenvalue weighted by Gasteiger charge is -2.29. The topological polar surface area (TPSA) is 243 Å². The van der Waals surface area contributed by atoms with E-state index in [0.717, 1.165) is 0 Å². The Hall–Kier alpha value is -2.91. The van der Waals surface area contributed by atoms with Crippen molar-refractivity contribution in [1.82, 2.24) is 21.3 Å². The summed E-state index contributed by atoms with van der Waals surface area (Å²) in [6.45, 7) is 8.29. The largest absolute Gasteiger partial charge is 0.480 e. The number of nitrogens with one attached hydrogen (secondary N) is 4. The maximum Gasteiger partial charge on any atom is 0.326 e. The van der Waals surface area contributed by atoms with Gasteiger partial charge in [0.15, 0.2) is 0 Å². The number of carboxylic acids is 1. The van der Waals surface area contributed by atoms with Gasteiger partial charge in [-0.1, -0.05) is 34.1 Å². The van der Waals surface area contributed by atoms with Gasteiger partial charge in [-0.05, 0) is 43.6 Å². The van der Waals surface area contributed by atoms with Crippen LogP contribution in [-0.4, -0.2) is 94.0 Å². The van der Waals surface area contributed by atoms with Crippen molar-refractivity contribution in [3.8, 4) is 0 Å². The summed E-state index contributed by atoms with van der Waals surface area (Å²) in [6, 6.07) is -6.37. The molecule has 0 aromatic carbocycles. The minimum Gasteiger partial charge on any atom is -0.480 e. The summed E-state index contributed by atoms with van der Waals surface area (Å²) >= 11 is 1.47. The van der Waals surface area contributed by atoms with E-state index in [-0.39, 0.29) is 12.3 Å². The third kappa shape index (κ3) is 13.4. The van der Waals surface area contributed by atoms with Gasteiger partial charge in [-0.25, -0.2) is 4.79 Å². The molecule has 0 saturated heterocycles. The Morgan fingerprint density at radius 1 is 0.825 bits per heavy atom. The first-order chi connectivity index (χ1) is 18.5. The fourth-order valence-electron chi connectivity index (χ4n) is 3.62. The average Bonchev–Trinajstić information content (AvgIpc) is 2.86. The Labute approximate surface area is 239 Å². The minimum atomic E-state index is -1.59. The lowest BCUT2D eigenvalue weighted by atomic mass is 9.96. The highest BCUT2D eigenvalue weighted by Crippen LogP contribution is 2.12. The third-order valence-corrected chi connectivity index (χ3v) is 6.83. The first-order valence-electron chi connectivity index (χ1n) is 13.2. The lowest BCUT2D eigenvalue weighted by molar-refractivity contribution is -0.143. The van der Waals surface area contributed by atoms with E-state index in [4.69, 9.17) is 11.5 Å². The first kappa shape index (κ1) is 37.1. The van der Waals surface area contributed by atoms with Crippen molar-refractivity contribution >= 4 is 47.3 Å². The Balaban J connectivity index is 5.78. The second-order valence-corrected chi connectivity index (χ2v) is 11.2. The molecule has 15 heteroatoms. The van der Waals surface area contributed by atoms with Gasteiger partial charge in [0, 0.05) is 0 Å². The Bertz CT molecular complexity index is 887. The number of aliphatic carboxylic acids is 1. The molecule has 0 saturated carbocycles. The van der Waals surface area contributed by atoms with Crippen molar-refractivity contribution in [3.63, 3.8) is 0 Å². The van der Waals surface area contributed by atoms with Crippen molar-refractivity contribution < 1.29 is 39.0 Å². The summed E-state index contributed by atoms with van der Waals surface area (Å²) in [7, 11) is 0. The summed E-state index contributed by atoms with van der Waals surface area (Å²) in [5, 5.41) is 29.4. The van der Waals surface area contributed by atoms with Crippen molar-refractivity contribution in [2.24, 2.45) is 23.3 Å². The predicted octanol–water partition coefficient (Wildman–Crippen LogP) is -1.56. The molecule has 7 atom stereocenters. The smallest absolute Gasteiger partial charge is 0.326 e. The molecule has 0 aliphatic rings. The quantitative estimate of drug-likeness (QED) is 0.0859. The third-order valence-electron chi connectivity index (χ3n) is 6.19. The monoisotopic (exact) mass is 590 g/mol. The molecule has 0 aliphatic carbocycles. The van der Waals surface area contributed by atoms with Crippen molar-refractivity contribution in [2.45, 2.75) is 96.6 Å². The first-order valence-corrected chi connectivity index (χ1v) is 14.6. The number of amides is 5. The van der Waals surface area contributed by atoms with Crippen molar-refractivity contribution in [2.75, 3.05) is 12.0 Å². The number of carbonyl (C=O) groups is 6. The number of primary amides is 1. The number of carbonyl (C=O) groups excluding carboxylic acids is 5. The van der Waals surface area contributed by atoms with Crippen LogP contribution in [0.1, 0.15) is 60.3 Å². The zero-order chi connectivity index (χ0) is 31.2. The highest BCUT2D eigenvalue weighted by Gasteiger charge is 2.35. The van der Waals surface area contributed by atoms with E-state index in [1.807, 2.05) is 6.26 Å². The van der Waals surface area contributed by atoms with Crippen molar-refractivity contribution in [1.29, 1.82) is 0 Å². The normalized spacial score (nSPS) is 16.4. The Morgan fingerprint density at radius 3 is 1.80 bits per heavy atom. The van der Waals surface area contributed by atoms with Gasteiger partial charge < -0.3 is 42.9 Å². The van der Waals surface area contributed by atoms with Crippen LogP contribution < -0.4 is 32.7 Å². The Kier molecular flexibility index (Phi) is 17.1. The van der Waals surface area contributed by atoms with Crippen LogP contribution in [0.25, 0.3) is 0 Å². The maximum atomic E-state index is 13.2. The summed E-state index contributed by atoms with van der Waals surface area (Å²) in [6.07, 6.45) is 0.714. The lowest BCUT2D eigenvalue weighted by Crippen LogP contribution is -2.62. The minimum absolute atomic E-state index is 0.0261. The highest BCUT2D eigenvalue weighted by molar-refractivity contribution is 7.98. The molecule has 0 unspecified atom stereocenters. The molecule has 0 heterocycles. The second-order valence-electron chi connectivity index (χ2n) is 10.2.